The minimum absolute atomic E-state index is 0.0130. The topological polar surface area (TPSA) is 93.1 Å². The van der Waals surface area contributed by atoms with Gasteiger partial charge in [-0.1, -0.05) is 23.7 Å². The first-order chi connectivity index (χ1) is 13.3. The zero-order valence-corrected chi connectivity index (χ0v) is 16.2. The molecule has 28 heavy (non-hydrogen) atoms. The molecule has 1 aromatic heterocycles. The molecule has 0 saturated heterocycles. The molecule has 0 spiro atoms. The van der Waals surface area contributed by atoms with Gasteiger partial charge in [-0.2, -0.15) is 5.10 Å². The maximum absolute atomic E-state index is 12.5. The molecule has 0 bridgehead atoms. The second-order valence-corrected chi connectivity index (χ2v) is 6.96. The number of benzene rings is 2. The predicted octanol–water partition coefficient (Wildman–Crippen LogP) is 2.83. The van der Waals surface area contributed by atoms with Crippen LogP contribution in [-0.4, -0.2) is 27.6 Å². The maximum atomic E-state index is 12.5. The molecular formula is C20H19ClN4O3. The fourth-order valence-corrected chi connectivity index (χ4v) is 2.89. The molecule has 3 rings (SSSR count). The van der Waals surface area contributed by atoms with E-state index in [0.717, 1.165) is 0 Å². The Morgan fingerprint density at radius 1 is 1.18 bits per heavy atom. The number of amides is 2. The first-order valence-corrected chi connectivity index (χ1v) is 9.08. The average molecular weight is 399 g/mol. The van der Waals surface area contributed by atoms with Crippen LogP contribution >= 0.6 is 11.6 Å². The molecule has 0 unspecified atom stereocenters. The molecule has 0 aliphatic carbocycles. The van der Waals surface area contributed by atoms with E-state index >= 15 is 0 Å². The third-order valence-corrected chi connectivity index (χ3v) is 4.31. The van der Waals surface area contributed by atoms with Crippen molar-refractivity contribution in [3.8, 4) is 0 Å². The number of nitrogens with zero attached hydrogens (tertiary/aromatic N) is 2. The van der Waals surface area contributed by atoms with Crippen LogP contribution in [0.2, 0.25) is 5.02 Å². The Bertz CT molecular complexity index is 1110. The van der Waals surface area contributed by atoms with Gasteiger partial charge in [0.25, 0.3) is 5.91 Å². The average Bonchev–Trinajstić information content (AvgIpc) is 2.65. The van der Waals surface area contributed by atoms with Crippen molar-refractivity contribution in [2.75, 3.05) is 5.32 Å². The summed E-state index contributed by atoms with van der Waals surface area (Å²) in [4.78, 5) is 36.6. The van der Waals surface area contributed by atoms with E-state index in [9.17, 15) is 14.4 Å². The summed E-state index contributed by atoms with van der Waals surface area (Å²) >= 11 is 6.16. The SMILES string of the molecule is CC(C)NC(=O)c1ccc(Cl)c(NC(=O)Cn2ncc(=O)c3ccccc32)c1. The molecule has 144 valence electrons. The molecule has 7 nitrogen and oxygen atoms in total. The summed E-state index contributed by atoms with van der Waals surface area (Å²) in [7, 11) is 0. The van der Waals surface area contributed by atoms with Crippen LogP contribution in [0.3, 0.4) is 0 Å². The lowest BCUT2D eigenvalue weighted by atomic mass is 10.1. The molecule has 2 N–H and O–H groups in total. The van der Waals surface area contributed by atoms with E-state index in [0.29, 0.717) is 27.2 Å². The summed E-state index contributed by atoms with van der Waals surface area (Å²) in [5, 5.41) is 10.3. The van der Waals surface area contributed by atoms with Gasteiger partial charge in [-0.05, 0) is 44.2 Å². The van der Waals surface area contributed by atoms with E-state index in [1.807, 2.05) is 13.8 Å². The molecular weight excluding hydrogens is 380 g/mol. The number of carbonyl (C=O) groups excluding carboxylic acids is 2. The van der Waals surface area contributed by atoms with Crippen molar-refractivity contribution in [2.45, 2.75) is 26.4 Å². The molecule has 0 saturated carbocycles. The highest BCUT2D eigenvalue weighted by atomic mass is 35.5. The molecule has 0 aliphatic heterocycles. The van der Waals surface area contributed by atoms with Gasteiger partial charge in [-0.15, -0.1) is 0 Å². The van der Waals surface area contributed by atoms with Gasteiger partial charge >= 0.3 is 0 Å². The molecule has 1 heterocycles. The van der Waals surface area contributed by atoms with Gasteiger partial charge in [-0.25, -0.2) is 0 Å². The van der Waals surface area contributed by atoms with Crippen molar-refractivity contribution in [1.82, 2.24) is 15.1 Å². The lowest BCUT2D eigenvalue weighted by Gasteiger charge is -2.13. The number of carbonyl (C=O) groups is 2. The number of rotatable bonds is 5. The van der Waals surface area contributed by atoms with Gasteiger partial charge < -0.3 is 10.6 Å². The zero-order valence-electron chi connectivity index (χ0n) is 15.4. The third-order valence-electron chi connectivity index (χ3n) is 3.98. The Labute approximate surface area is 166 Å². The van der Waals surface area contributed by atoms with Crippen LogP contribution in [-0.2, 0) is 11.3 Å². The lowest BCUT2D eigenvalue weighted by molar-refractivity contribution is -0.116. The van der Waals surface area contributed by atoms with Crippen LogP contribution in [0.25, 0.3) is 10.9 Å². The van der Waals surface area contributed by atoms with Crippen molar-refractivity contribution in [2.24, 2.45) is 0 Å². The Balaban J connectivity index is 1.81. The Morgan fingerprint density at radius 2 is 1.93 bits per heavy atom. The van der Waals surface area contributed by atoms with Gasteiger partial charge in [0.05, 0.1) is 22.4 Å². The molecule has 3 aromatic rings. The zero-order chi connectivity index (χ0) is 20.3. The van der Waals surface area contributed by atoms with Crippen LogP contribution in [0.15, 0.2) is 53.5 Å². The van der Waals surface area contributed by atoms with Crippen molar-refractivity contribution >= 4 is 40.0 Å². The standard InChI is InChI=1S/C20H19ClN4O3/c1-12(2)23-20(28)13-7-8-15(21)16(9-13)24-19(27)11-25-17-6-4-3-5-14(17)18(26)10-22-25/h3-10,12H,11H2,1-2H3,(H,23,28)(H,24,27). The summed E-state index contributed by atoms with van der Waals surface area (Å²) in [5.41, 5.74) is 1.06. The highest BCUT2D eigenvalue weighted by Gasteiger charge is 2.13. The number of nitrogens with one attached hydrogen (secondary N) is 2. The van der Waals surface area contributed by atoms with E-state index in [1.165, 1.54) is 16.9 Å². The molecule has 0 fully saturated rings. The second kappa shape index (κ2) is 8.22. The first kappa shape index (κ1) is 19.6. The van der Waals surface area contributed by atoms with Crippen LogP contribution in [0, 0.1) is 0 Å². The normalized spacial score (nSPS) is 10.9. The Morgan fingerprint density at radius 3 is 2.68 bits per heavy atom. The van der Waals surface area contributed by atoms with Gasteiger partial charge in [0, 0.05) is 17.0 Å². The van der Waals surface area contributed by atoms with E-state index in [4.69, 9.17) is 11.6 Å². The fraction of sp³-hybridized carbons (Fsp3) is 0.200. The predicted molar refractivity (Wildman–Crippen MR) is 109 cm³/mol. The van der Waals surface area contributed by atoms with E-state index in [-0.39, 0.29) is 29.8 Å². The van der Waals surface area contributed by atoms with Crippen molar-refractivity contribution in [3.05, 3.63) is 69.5 Å². The number of anilines is 1. The molecule has 0 atom stereocenters. The third kappa shape index (κ3) is 4.37. The highest BCUT2D eigenvalue weighted by Crippen LogP contribution is 2.23. The summed E-state index contributed by atoms with van der Waals surface area (Å²) < 4.78 is 1.44. The van der Waals surface area contributed by atoms with E-state index in [1.54, 1.807) is 36.4 Å². The smallest absolute Gasteiger partial charge is 0.251 e. The van der Waals surface area contributed by atoms with Gasteiger partial charge in [0.2, 0.25) is 11.3 Å². The minimum Gasteiger partial charge on any atom is -0.350 e. The number of fused-ring (bicyclic) bond motifs is 1. The number of hydrogen-bond donors (Lipinski definition) is 2. The van der Waals surface area contributed by atoms with Crippen LogP contribution in [0.5, 0.6) is 0 Å². The number of para-hydroxylation sites is 1. The van der Waals surface area contributed by atoms with E-state index < -0.39 is 0 Å². The second-order valence-electron chi connectivity index (χ2n) is 6.55. The summed E-state index contributed by atoms with van der Waals surface area (Å²) in [6.07, 6.45) is 1.18. The molecule has 0 radical (unpaired) electrons. The Hall–Kier alpha value is -3.19. The van der Waals surface area contributed by atoms with Crippen LogP contribution < -0.4 is 16.1 Å². The van der Waals surface area contributed by atoms with E-state index in [2.05, 4.69) is 15.7 Å². The van der Waals surface area contributed by atoms with Crippen molar-refractivity contribution in [1.29, 1.82) is 0 Å². The summed E-state index contributed by atoms with van der Waals surface area (Å²) in [6, 6.07) is 11.6. The summed E-state index contributed by atoms with van der Waals surface area (Å²) in [5.74, 6) is -0.639. The first-order valence-electron chi connectivity index (χ1n) is 8.70. The van der Waals surface area contributed by atoms with Gasteiger partial charge in [0.1, 0.15) is 6.54 Å². The van der Waals surface area contributed by atoms with Crippen LogP contribution in [0.4, 0.5) is 5.69 Å². The van der Waals surface area contributed by atoms with Crippen molar-refractivity contribution < 1.29 is 9.59 Å². The largest absolute Gasteiger partial charge is 0.350 e. The molecule has 8 heteroatoms. The maximum Gasteiger partial charge on any atom is 0.251 e. The van der Waals surface area contributed by atoms with Gasteiger partial charge in [0.15, 0.2) is 0 Å². The quantitative estimate of drug-likeness (QED) is 0.691. The number of halogens is 1. The van der Waals surface area contributed by atoms with Gasteiger partial charge in [-0.3, -0.25) is 19.1 Å². The lowest BCUT2D eigenvalue weighted by Crippen LogP contribution is -2.30. The summed E-state index contributed by atoms with van der Waals surface area (Å²) in [6.45, 7) is 3.61. The fourth-order valence-electron chi connectivity index (χ4n) is 2.72. The molecule has 2 amide bonds. The van der Waals surface area contributed by atoms with Crippen LogP contribution in [0.1, 0.15) is 24.2 Å². The minimum atomic E-state index is -0.385. The molecule has 0 aliphatic rings. The number of aromatic nitrogens is 2. The van der Waals surface area contributed by atoms with Crippen molar-refractivity contribution in [3.63, 3.8) is 0 Å². The molecule has 2 aromatic carbocycles. The number of hydrogen-bond acceptors (Lipinski definition) is 4. The highest BCUT2D eigenvalue weighted by molar-refractivity contribution is 6.33. The Kier molecular flexibility index (Phi) is 5.75. The monoisotopic (exact) mass is 398 g/mol.